The van der Waals surface area contributed by atoms with E-state index < -0.39 is 11.2 Å². The van der Waals surface area contributed by atoms with Crippen LogP contribution in [0.4, 0.5) is 0 Å². The van der Waals surface area contributed by atoms with Crippen molar-refractivity contribution in [2.24, 2.45) is 7.05 Å². The van der Waals surface area contributed by atoms with Crippen molar-refractivity contribution in [2.45, 2.75) is 26.3 Å². The molecule has 3 aromatic rings. The van der Waals surface area contributed by atoms with E-state index in [2.05, 4.69) is 21.8 Å². The number of imidazole rings is 1. The number of hydrogen-bond donors (Lipinski definition) is 1. The van der Waals surface area contributed by atoms with Gasteiger partial charge in [0.25, 0.3) is 5.56 Å². The molecule has 3 rings (SSSR count). The van der Waals surface area contributed by atoms with Crippen molar-refractivity contribution in [2.75, 3.05) is 27.2 Å². The first-order valence-electron chi connectivity index (χ1n) is 9.50. The van der Waals surface area contributed by atoms with E-state index in [0.29, 0.717) is 30.1 Å². The molecule has 150 valence electrons. The van der Waals surface area contributed by atoms with Gasteiger partial charge in [-0.1, -0.05) is 13.3 Å². The molecule has 0 fully saturated rings. The van der Waals surface area contributed by atoms with E-state index >= 15 is 0 Å². The number of H-pyrrole nitrogens is 1. The molecule has 0 saturated heterocycles. The zero-order valence-corrected chi connectivity index (χ0v) is 16.9. The molecule has 0 saturated carbocycles. The minimum atomic E-state index is -0.419. The Labute approximate surface area is 163 Å². The highest BCUT2D eigenvalue weighted by molar-refractivity contribution is 5.76. The first kappa shape index (κ1) is 19.9. The molecule has 28 heavy (non-hydrogen) atoms. The lowest BCUT2D eigenvalue weighted by molar-refractivity contribution is 0.261. The third-order valence-electron chi connectivity index (χ3n) is 4.67. The lowest BCUT2D eigenvalue weighted by atomic mass is 10.2. The van der Waals surface area contributed by atoms with Crippen molar-refractivity contribution in [3.05, 3.63) is 45.1 Å². The molecule has 0 spiro atoms. The predicted molar refractivity (Wildman–Crippen MR) is 110 cm³/mol. The Bertz CT molecular complexity index is 1060. The zero-order chi connectivity index (χ0) is 20.3. The molecule has 0 radical (unpaired) electrons. The summed E-state index contributed by atoms with van der Waals surface area (Å²) in [4.78, 5) is 33.7. The monoisotopic (exact) mass is 385 g/mol. The second kappa shape index (κ2) is 8.43. The van der Waals surface area contributed by atoms with Crippen LogP contribution in [0, 0.1) is 0 Å². The fourth-order valence-electron chi connectivity index (χ4n) is 3.07. The van der Waals surface area contributed by atoms with E-state index in [0.717, 1.165) is 30.7 Å². The number of benzene rings is 1. The summed E-state index contributed by atoms with van der Waals surface area (Å²) in [6.45, 7) is 4.03. The van der Waals surface area contributed by atoms with Crippen LogP contribution in [-0.4, -0.2) is 51.2 Å². The SMILES string of the molecule is CCCCn1c(=O)[nH]c(=O)c2c1nc(-c1ccc(OCCN(C)C)cc1)n2C. The van der Waals surface area contributed by atoms with Gasteiger partial charge in [-0.25, -0.2) is 9.78 Å². The van der Waals surface area contributed by atoms with Gasteiger partial charge in [-0.15, -0.1) is 0 Å². The van der Waals surface area contributed by atoms with Crippen LogP contribution in [-0.2, 0) is 13.6 Å². The molecule has 2 heterocycles. The summed E-state index contributed by atoms with van der Waals surface area (Å²) in [5.74, 6) is 1.42. The topological polar surface area (TPSA) is 85.2 Å². The predicted octanol–water partition coefficient (Wildman–Crippen LogP) is 1.83. The fraction of sp³-hybridized carbons (Fsp3) is 0.450. The minimum Gasteiger partial charge on any atom is -0.492 e. The number of ether oxygens (including phenoxy) is 1. The maximum atomic E-state index is 12.4. The van der Waals surface area contributed by atoms with Gasteiger partial charge >= 0.3 is 5.69 Å². The van der Waals surface area contributed by atoms with E-state index in [9.17, 15) is 9.59 Å². The normalized spacial score (nSPS) is 11.5. The number of fused-ring (bicyclic) bond motifs is 1. The third-order valence-corrected chi connectivity index (χ3v) is 4.67. The second-order valence-electron chi connectivity index (χ2n) is 7.11. The molecular formula is C20H27N5O3. The standard InChI is InChI=1S/C20H27N5O3/c1-5-6-11-25-18-16(19(26)22-20(25)27)24(4)17(21-18)14-7-9-15(10-8-14)28-13-12-23(2)3/h7-10H,5-6,11-13H2,1-4H3,(H,22,26,27). The maximum absolute atomic E-state index is 12.4. The Morgan fingerprint density at radius 1 is 1.18 bits per heavy atom. The molecule has 0 amide bonds. The van der Waals surface area contributed by atoms with Crippen molar-refractivity contribution < 1.29 is 4.74 Å². The van der Waals surface area contributed by atoms with E-state index in [1.165, 1.54) is 0 Å². The van der Waals surface area contributed by atoms with Crippen LogP contribution >= 0.6 is 0 Å². The fourth-order valence-corrected chi connectivity index (χ4v) is 3.07. The summed E-state index contributed by atoms with van der Waals surface area (Å²) >= 11 is 0. The second-order valence-corrected chi connectivity index (χ2v) is 7.11. The quantitative estimate of drug-likeness (QED) is 0.639. The molecule has 2 aromatic heterocycles. The minimum absolute atomic E-state index is 0.400. The number of nitrogens with one attached hydrogen (secondary N) is 1. The van der Waals surface area contributed by atoms with Gasteiger partial charge in [-0.05, 0) is 44.8 Å². The molecule has 8 nitrogen and oxygen atoms in total. The van der Waals surface area contributed by atoms with Gasteiger partial charge in [0.15, 0.2) is 11.2 Å². The zero-order valence-electron chi connectivity index (χ0n) is 16.9. The lowest BCUT2D eigenvalue weighted by Gasteiger charge is -2.11. The molecular weight excluding hydrogens is 358 g/mol. The Morgan fingerprint density at radius 2 is 1.89 bits per heavy atom. The number of aryl methyl sites for hydroxylation is 2. The molecule has 0 aliphatic rings. The van der Waals surface area contributed by atoms with Gasteiger partial charge in [0.2, 0.25) is 0 Å². The Balaban J connectivity index is 1.97. The van der Waals surface area contributed by atoms with E-state index in [4.69, 9.17) is 4.74 Å². The van der Waals surface area contributed by atoms with Crippen molar-refractivity contribution in [3.8, 4) is 17.1 Å². The van der Waals surface area contributed by atoms with Crippen LogP contribution in [0.2, 0.25) is 0 Å². The van der Waals surface area contributed by atoms with Crippen LogP contribution in [0.25, 0.3) is 22.6 Å². The maximum Gasteiger partial charge on any atom is 0.330 e. The van der Waals surface area contributed by atoms with Gasteiger partial charge < -0.3 is 14.2 Å². The molecule has 0 aliphatic carbocycles. The molecule has 0 atom stereocenters. The van der Waals surface area contributed by atoms with E-state index in [1.54, 1.807) is 16.2 Å². The highest BCUT2D eigenvalue weighted by Crippen LogP contribution is 2.24. The van der Waals surface area contributed by atoms with Crippen LogP contribution in [0.15, 0.2) is 33.9 Å². The van der Waals surface area contributed by atoms with E-state index in [1.807, 2.05) is 38.4 Å². The van der Waals surface area contributed by atoms with Crippen LogP contribution in [0.5, 0.6) is 5.75 Å². The lowest BCUT2D eigenvalue weighted by Crippen LogP contribution is -2.31. The first-order chi connectivity index (χ1) is 13.4. The number of aromatic nitrogens is 4. The Kier molecular flexibility index (Phi) is 5.99. The number of unbranched alkanes of at least 4 members (excludes halogenated alkanes) is 1. The van der Waals surface area contributed by atoms with Crippen molar-refractivity contribution in [1.29, 1.82) is 0 Å². The van der Waals surface area contributed by atoms with Gasteiger partial charge in [0.05, 0.1) is 0 Å². The third kappa shape index (κ3) is 4.01. The van der Waals surface area contributed by atoms with Gasteiger partial charge in [0, 0.05) is 25.7 Å². The van der Waals surface area contributed by atoms with Crippen LogP contribution in [0.1, 0.15) is 19.8 Å². The Hall–Kier alpha value is -2.87. The summed E-state index contributed by atoms with van der Waals surface area (Å²) in [5.41, 5.74) is 0.841. The highest BCUT2D eigenvalue weighted by Gasteiger charge is 2.17. The van der Waals surface area contributed by atoms with Crippen molar-refractivity contribution in [3.63, 3.8) is 0 Å². The summed E-state index contributed by atoms with van der Waals surface area (Å²) in [6, 6.07) is 7.60. The van der Waals surface area contributed by atoms with Gasteiger partial charge in [-0.2, -0.15) is 0 Å². The van der Waals surface area contributed by atoms with Crippen molar-refractivity contribution >= 4 is 11.2 Å². The Morgan fingerprint density at radius 3 is 2.54 bits per heavy atom. The number of aromatic amines is 1. The number of hydrogen-bond acceptors (Lipinski definition) is 5. The van der Waals surface area contributed by atoms with E-state index in [-0.39, 0.29) is 0 Å². The first-order valence-corrected chi connectivity index (χ1v) is 9.50. The number of likely N-dealkylation sites (N-methyl/N-ethyl adjacent to an activating group) is 1. The van der Waals surface area contributed by atoms with Crippen LogP contribution < -0.4 is 16.0 Å². The molecule has 1 aromatic carbocycles. The number of nitrogens with zero attached hydrogens (tertiary/aromatic N) is 4. The number of rotatable bonds is 8. The van der Waals surface area contributed by atoms with Gasteiger partial charge in [-0.3, -0.25) is 14.3 Å². The smallest absolute Gasteiger partial charge is 0.330 e. The summed E-state index contributed by atoms with van der Waals surface area (Å²) in [5, 5.41) is 0. The summed E-state index contributed by atoms with van der Waals surface area (Å²) in [6.07, 6.45) is 1.79. The highest BCUT2D eigenvalue weighted by atomic mass is 16.5. The molecule has 1 N–H and O–H groups in total. The average molecular weight is 385 g/mol. The van der Waals surface area contributed by atoms with Gasteiger partial charge in [0.1, 0.15) is 18.2 Å². The summed E-state index contributed by atoms with van der Waals surface area (Å²) < 4.78 is 9.00. The van der Waals surface area contributed by atoms with Crippen molar-refractivity contribution in [1.82, 2.24) is 24.0 Å². The molecule has 0 bridgehead atoms. The average Bonchev–Trinajstić information content (AvgIpc) is 2.99. The summed E-state index contributed by atoms with van der Waals surface area (Å²) in [7, 11) is 5.79. The largest absolute Gasteiger partial charge is 0.492 e. The molecule has 8 heteroatoms. The molecule has 0 unspecified atom stereocenters. The molecule has 0 aliphatic heterocycles. The van der Waals surface area contributed by atoms with Crippen LogP contribution in [0.3, 0.4) is 0 Å².